The van der Waals surface area contributed by atoms with Gasteiger partial charge >= 0.3 is 0 Å². The highest BCUT2D eigenvalue weighted by Gasteiger charge is 2.41. The molecule has 0 N–H and O–H groups in total. The molecule has 3 rings (SSSR count). The molecule has 158 valence electrons. The van der Waals surface area contributed by atoms with E-state index in [1.54, 1.807) is 19.2 Å². The van der Waals surface area contributed by atoms with Gasteiger partial charge in [0, 0.05) is 43.7 Å². The van der Waals surface area contributed by atoms with Gasteiger partial charge in [-0.05, 0) is 56.4 Å². The molecule has 1 aliphatic rings. The predicted molar refractivity (Wildman–Crippen MR) is 108 cm³/mol. The van der Waals surface area contributed by atoms with Gasteiger partial charge in [0.1, 0.15) is 5.82 Å². The molecule has 0 spiro atoms. The SMILES string of the molecule is CCC(CC)C(=O)N1CCC(CCOC)(c2noc(-c3ccc(F)cc3)n2)CC1. The molecule has 0 atom stereocenters. The smallest absolute Gasteiger partial charge is 0.257 e. The van der Waals surface area contributed by atoms with Crippen LogP contribution in [0.4, 0.5) is 4.39 Å². The summed E-state index contributed by atoms with van der Waals surface area (Å²) >= 11 is 0. The van der Waals surface area contributed by atoms with E-state index in [2.05, 4.69) is 24.0 Å². The summed E-state index contributed by atoms with van der Waals surface area (Å²) in [5, 5.41) is 4.26. The van der Waals surface area contributed by atoms with Crippen molar-refractivity contribution in [3.8, 4) is 11.5 Å². The number of halogens is 1. The van der Waals surface area contributed by atoms with Gasteiger partial charge in [0.15, 0.2) is 5.82 Å². The second kappa shape index (κ2) is 9.48. The Hall–Kier alpha value is -2.28. The minimum Gasteiger partial charge on any atom is -0.385 e. The quantitative estimate of drug-likeness (QED) is 0.660. The standard InChI is InChI=1S/C22H30FN3O3/c1-4-16(5-2)20(27)26-13-10-22(11-14-26,12-15-28-3)21-24-19(29-25-21)17-6-8-18(23)9-7-17/h6-9,16H,4-5,10-15H2,1-3H3. The van der Waals surface area contributed by atoms with Gasteiger partial charge in [-0.15, -0.1) is 0 Å². The van der Waals surface area contributed by atoms with E-state index < -0.39 is 0 Å². The Kier molecular flexibility index (Phi) is 7.00. The highest BCUT2D eigenvalue weighted by atomic mass is 19.1. The van der Waals surface area contributed by atoms with Crippen LogP contribution in [-0.2, 0) is 14.9 Å². The summed E-state index contributed by atoms with van der Waals surface area (Å²) in [6.45, 7) is 6.07. The van der Waals surface area contributed by atoms with Gasteiger partial charge in [-0.1, -0.05) is 19.0 Å². The van der Waals surface area contributed by atoms with Crippen molar-refractivity contribution >= 4 is 5.91 Å². The van der Waals surface area contributed by atoms with E-state index in [0.717, 1.165) is 32.1 Å². The normalized spacial score (nSPS) is 16.4. The van der Waals surface area contributed by atoms with Gasteiger partial charge in [0.2, 0.25) is 5.91 Å². The molecule has 1 aromatic carbocycles. The molecular weight excluding hydrogens is 373 g/mol. The molecule has 1 amide bonds. The highest BCUT2D eigenvalue weighted by molar-refractivity contribution is 5.78. The van der Waals surface area contributed by atoms with Crippen LogP contribution in [0.2, 0.25) is 0 Å². The molecule has 0 aliphatic carbocycles. The molecule has 2 aromatic rings. The minimum absolute atomic E-state index is 0.0942. The summed E-state index contributed by atoms with van der Waals surface area (Å²) in [4.78, 5) is 19.4. The van der Waals surface area contributed by atoms with Crippen molar-refractivity contribution in [3.63, 3.8) is 0 Å². The van der Waals surface area contributed by atoms with Crippen molar-refractivity contribution < 1.29 is 18.4 Å². The molecule has 29 heavy (non-hydrogen) atoms. The zero-order chi connectivity index (χ0) is 20.9. The summed E-state index contributed by atoms with van der Waals surface area (Å²) in [7, 11) is 1.68. The lowest BCUT2D eigenvalue weighted by Gasteiger charge is -2.40. The Balaban J connectivity index is 1.78. The maximum Gasteiger partial charge on any atom is 0.257 e. The molecule has 0 unspecified atom stereocenters. The zero-order valence-electron chi connectivity index (χ0n) is 17.5. The third-order valence-corrected chi connectivity index (χ3v) is 6.14. The maximum atomic E-state index is 13.2. The van der Waals surface area contributed by atoms with E-state index in [1.807, 2.05) is 4.90 Å². The van der Waals surface area contributed by atoms with E-state index in [0.29, 0.717) is 37.0 Å². The van der Waals surface area contributed by atoms with Crippen LogP contribution in [0, 0.1) is 11.7 Å². The number of likely N-dealkylation sites (tertiary alicyclic amines) is 1. The number of methoxy groups -OCH3 is 1. The molecule has 6 nitrogen and oxygen atoms in total. The number of hydrogen-bond donors (Lipinski definition) is 0. The first kappa shape index (κ1) is 21.4. The Morgan fingerprint density at radius 1 is 1.24 bits per heavy atom. The first-order valence-electron chi connectivity index (χ1n) is 10.4. The number of amides is 1. The van der Waals surface area contributed by atoms with E-state index in [-0.39, 0.29) is 23.1 Å². The van der Waals surface area contributed by atoms with Gasteiger partial charge in [-0.25, -0.2) is 4.39 Å². The molecule has 0 saturated carbocycles. The van der Waals surface area contributed by atoms with Crippen molar-refractivity contribution in [1.82, 2.24) is 15.0 Å². The fourth-order valence-corrected chi connectivity index (χ4v) is 4.08. The average molecular weight is 403 g/mol. The molecule has 1 saturated heterocycles. The maximum absolute atomic E-state index is 13.2. The Morgan fingerprint density at radius 2 is 1.90 bits per heavy atom. The first-order chi connectivity index (χ1) is 14.0. The lowest BCUT2D eigenvalue weighted by atomic mass is 9.75. The van der Waals surface area contributed by atoms with E-state index in [1.165, 1.54) is 12.1 Å². The third-order valence-electron chi connectivity index (χ3n) is 6.14. The molecule has 0 radical (unpaired) electrons. The number of ether oxygens (including phenoxy) is 1. The lowest BCUT2D eigenvalue weighted by molar-refractivity contribution is -0.137. The largest absolute Gasteiger partial charge is 0.385 e. The molecule has 2 heterocycles. The van der Waals surface area contributed by atoms with Crippen molar-refractivity contribution in [1.29, 1.82) is 0 Å². The summed E-state index contributed by atoms with van der Waals surface area (Å²) in [5.74, 6) is 1.06. The fourth-order valence-electron chi connectivity index (χ4n) is 4.08. The van der Waals surface area contributed by atoms with Crippen molar-refractivity contribution in [2.75, 3.05) is 26.8 Å². The monoisotopic (exact) mass is 403 g/mol. The Morgan fingerprint density at radius 3 is 2.48 bits per heavy atom. The number of nitrogens with zero attached hydrogens (tertiary/aromatic N) is 3. The Labute approximate surface area is 171 Å². The first-order valence-corrected chi connectivity index (χ1v) is 10.4. The van der Waals surface area contributed by atoms with Crippen LogP contribution in [0.3, 0.4) is 0 Å². The number of hydrogen-bond acceptors (Lipinski definition) is 5. The minimum atomic E-state index is -0.306. The molecule has 1 fully saturated rings. The zero-order valence-corrected chi connectivity index (χ0v) is 17.5. The van der Waals surface area contributed by atoms with Crippen molar-refractivity contribution in [2.24, 2.45) is 5.92 Å². The van der Waals surface area contributed by atoms with Crippen LogP contribution in [0.1, 0.15) is 51.8 Å². The average Bonchev–Trinajstić information content (AvgIpc) is 3.25. The van der Waals surface area contributed by atoms with Crippen molar-refractivity contribution in [2.45, 2.75) is 51.4 Å². The van der Waals surface area contributed by atoms with Gasteiger partial charge in [-0.2, -0.15) is 4.98 Å². The molecular formula is C22H30FN3O3. The van der Waals surface area contributed by atoms with E-state index in [4.69, 9.17) is 9.26 Å². The third kappa shape index (κ3) is 4.66. The molecule has 7 heteroatoms. The van der Waals surface area contributed by atoms with Crippen LogP contribution in [0.5, 0.6) is 0 Å². The van der Waals surface area contributed by atoms with Gasteiger partial charge in [-0.3, -0.25) is 4.79 Å². The van der Waals surface area contributed by atoms with Gasteiger partial charge < -0.3 is 14.2 Å². The van der Waals surface area contributed by atoms with Gasteiger partial charge in [0.05, 0.1) is 0 Å². The van der Waals surface area contributed by atoms with Crippen LogP contribution in [-0.4, -0.2) is 47.8 Å². The lowest BCUT2D eigenvalue weighted by Crippen LogP contribution is -2.47. The predicted octanol–water partition coefficient (Wildman–Crippen LogP) is 4.21. The molecule has 1 aliphatic heterocycles. The number of carbonyl (C=O) groups excluding carboxylic acids is 1. The van der Waals surface area contributed by atoms with Gasteiger partial charge in [0.25, 0.3) is 5.89 Å². The molecule has 1 aromatic heterocycles. The Bertz CT molecular complexity index is 794. The fraction of sp³-hybridized carbons (Fsp3) is 0.591. The molecule has 0 bridgehead atoms. The number of benzene rings is 1. The number of aromatic nitrogens is 2. The van der Waals surface area contributed by atoms with Crippen LogP contribution in [0.25, 0.3) is 11.5 Å². The van der Waals surface area contributed by atoms with E-state index >= 15 is 0 Å². The number of piperidine rings is 1. The van der Waals surface area contributed by atoms with E-state index in [9.17, 15) is 9.18 Å². The number of carbonyl (C=O) groups is 1. The van der Waals surface area contributed by atoms with Crippen LogP contribution in [0.15, 0.2) is 28.8 Å². The van der Waals surface area contributed by atoms with Crippen LogP contribution >= 0.6 is 0 Å². The summed E-state index contributed by atoms with van der Waals surface area (Å²) in [6.07, 6.45) is 4.03. The second-order valence-electron chi connectivity index (χ2n) is 7.79. The topological polar surface area (TPSA) is 68.5 Å². The highest BCUT2D eigenvalue weighted by Crippen LogP contribution is 2.38. The summed E-state index contributed by atoms with van der Waals surface area (Å²) in [6, 6.07) is 6.01. The summed E-state index contributed by atoms with van der Waals surface area (Å²) < 4.78 is 24.0. The second-order valence-corrected chi connectivity index (χ2v) is 7.79. The van der Waals surface area contributed by atoms with Crippen LogP contribution < -0.4 is 0 Å². The number of rotatable bonds is 8. The summed E-state index contributed by atoms with van der Waals surface area (Å²) in [5.41, 5.74) is 0.399. The van der Waals surface area contributed by atoms with Crippen molar-refractivity contribution in [3.05, 3.63) is 35.9 Å².